The third-order valence-electron chi connectivity index (χ3n) is 2.12. The maximum Gasteiger partial charge on any atom is 0.433 e. The molecule has 0 unspecified atom stereocenters. The topological polar surface area (TPSA) is 24.9 Å². The third-order valence-corrected chi connectivity index (χ3v) is 3.20. The monoisotopic (exact) mass is 278 g/mol. The van der Waals surface area contributed by atoms with Crippen molar-refractivity contribution in [2.75, 3.05) is 0 Å². The van der Waals surface area contributed by atoms with Crippen LogP contribution in [0.15, 0.2) is 18.3 Å². The molecule has 0 bridgehead atoms. The molecule has 1 rings (SSSR count). The summed E-state index contributed by atoms with van der Waals surface area (Å²) in [4.78, 5) is 3.44. The minimum Gasteiger partial charge on any atom is -0.256 e. The van der Waals surface area contributed by atoms with Gasteiger partial charge in [0, 0.05) is 17.0 Å². The van der Waals surface area contributed by atoms with Crippen LogP contribution in [0, 0.1) is 0 Å². The molecule has 1 N–H and O–H groups in total. The summed E-state index contributed by atoms with van der Waals surface area (Å²) in [6.45, 7) is 8.07. The molecule has 0 saturated heterocycles. The van der Waals surface area contributed by atoms with Crippen molar-refractivity contribution in [2.24, 2.45) is 0 Å². The van der Waals surface area contributed by atoms with Crippen molar-refractivity contribution >= 4 is 11.9 Å². The van der Waals surface area contributed by atoms with Crippen LogP contribution in [0.4, 0.5) is 13.2 Å². The molecule has 2 nitrogen and oxygen atoms in total. The van der Waals surface area contributed by atoms with Crippen LogP contribution in [-0.2, 0) is 6.18 Å². The molecule has 6 heteroatoms. The van der Waals surface area contributed by atoms with E-state index in [0.29, 0.717) is 0 Å². The van der Waals surface area contributed by atoms with Gasteiger partial charge in [0.2, 0.25) is 0 Å². The van der Waals surface area contributed by atoms with Crippen LogP contribution in [0.5, 0.6) is 0 Å². The molecule has 18 heavy (non-hydrogen) atoms. The number of aromatic nitrogens is 1. The van der Waals surface area contributed by atoms with Gasteiger partial charge in [0.1, 0.15) is 5.69 Å². The Balaban J connectivity index is 2.68. The number of hydrogen-bond acceptors (Lipinski definition) is 3. The molecule has 0 aromatic carbocycles. The molecule has 1 aromatic rings. The summed E-state index contributed by atoms with van der Waals surface area (Å²) >= 11 is 1.55. The standard InChI is InChI=1S/C12H17F3N2S/c1-8(17-18-11(2,3)4)9-5-6-10(16-7-9)12(13,14)15/h5-8,17H,1-4H3/t8-/m0/s1. The number of rotatable bonds is 3. The quantitative estimate of drug-likeness (QED) is 0.839. The van der Waals surface area contributed by atoms with Gasteiger partial charge in [0.25, 0.3) is 0 Å². The van der Waals surface area contributed by atoms with Crippen LogP contribution in [0.3, 0.4) is 0 Å². The molecule has 0 amide bonds. The molecular weight excluding hydrogens is 261 g/mol. The number of nitrogens with zero attached hydrogens (tertiary/aromatic N) is 1. The number of halogens is 3. The van der Waals surface area contributed by atoms with Crippen LogP contribution >= 0.6 is 11.9 Å². The summed E-state index contributed by atoms with van der Waals surface area (Å²) in [6.07, 6.45) is -3.11. The Kier molecular flexibility index (Phi) is 4.66. The van der Waals surface area contributed by atoms with E-state index in [4.69, 9.17) is 0 Å². The fourth-order valence-electron chi connectivity index (χ4n) is 1.16. The second kappa shape index (κ2) is 5.48. The molecular formula is C12H17F3N2S. The lowest BCUT2D eigenvalue weighted by molar-refractivity contribution is -0.141. The first-order chi connectivity index (χ1) is 8.09. The minimum absolute atomic E-state index is 0.0492. The van der Waals surface area contributed by atoms with E-state index in [0.717, 1.165) is 11.6 Å². The number of pyridine rings is 1. The van der Waals surface area contributed by atoms with Gasteiger partial charge in [-0.1, -0.05) is 18.0 Å². The lowest BCUT2D eigenvalue weighted by Gasteiger charge is -2.21. The van der Waals surface area contributed by atoms with E-state index < -0.39 is 11.9 Å². The van der Waals surface area contributed by atoms with Gasteiger partial charge >= 0.3 is 6.18 Å². The van der Waals surface area contributed by atoms with Crippen molar-refractivity contribution in [2.45, 2.75) is 44.7 Å². The van der Waals surface area contributed by atoms with Gasteiger partial charge in [-0.05, 0) is 39.3 Å². The van der Waals surface area contributed by atoms with Crippen molar-refractivity contribution in [3.8, 4) is 0 Å². The highest BCUT2D eigenvalue weighted by Crippen LogP contribution is 2.29. The largest absolute Gasteiger partial charge is 0.433 e. The van der Waals surface area contributed by atoms with Gasteiger partial charge < -0.3 is 0 Å². The molecule has 0 aliphatic carbocycles. The molecule has 0 aliphatic heterocycles. The summed E-state index contributed by atoms with van der Waals surface area (Å²) in [7, 11) is 0. The second-order valence-corrected chi connectivity index (χ2v) is 6.69. The Morgan fingerprint density at radius 2 is 1.83 bits per heavy atom. The summed E-state index contributed by atoms with van der Waals surface area (Å²) in [5, 5.41) is 0. The maximum atomic E-state index is 12.3. The van der Waals surface area contributed by atoms with Gasteiger partial charge in [-0.2, -0.15) is 13.2 Å². The first-order valence-corrected chi connectivity index (χ1v) is 6.38. The molecule has 0 saturated carbocycles. The van der Waals surface area contributed by atoms with Crippen LogP contribution in [0.25, 0.3) is 0 Å². The van der Waals surface area contributed by atoms with E-state index in [1.54, 1.807) is 11.9 Å². The van der Waals surface area contributed by atoms with Gasteiger partial charge in [0.05, 0.1) is 0 Å². The Morgan fingerprint density at radius 3 is 2.22 bits per heavy atom. The van der Waals surface area contributed by atoms with Gasteiger partial charge in [-0.15, -0.1) is 0 Å². The zero-order valence-corrected chi connectivity index (χ0v) is 11.6. The van der Waals surface area contributed by atoms with Crippen molar-refractivity contribution < 1.29 is 13.2 Å². The predicted molar refractivity (Wildman–Crippen MR) is 68.1 cm³/mol. The summed E-state index contributed by atoms with van der Waals surface area (Å²) < 4.78 is 40.3. The molecule has 1 atom stereocenters. The Labute approximate surface area is 110 Å². The smallest absolute Gasteiger partial charge is 0.256 e. The predicted octanol–water partition coefficient (Wildman–Crippen LogP) is 4.20. The van der Waals surface area contributed by atoms with Crippen LogP contribution in [0.2, 0.25) is 0 Å². The van der Waals surface area contributed by atoms with Crippen LogP contribution in [-0.4, -0.2) is 9.73 Å². The number of hydrogen-bond donors (Lipinski definition) is 1. The zero-order chi connectivity index (χ0) is 14.0. The van der Waals surface area contributed by atoms with Crippen molar-refractivity contribution in [3.63, 3.8) is 0 Å². The molecule has 1 aromatic heterocycles. The highest BCUT2D eigenvalue weighted by molar-refractivity contribution is 7.98. The number of alkyl halides is 3. The summed E-state index contributed by atoms with van der Waals surface area (Å²) in [5.74, 6) is 0. The van der Waals surface area contributed by atoms with Gasteiger partial charge in [0.15, 0.2) is 0 Å². The maximum absolute atomic E-state index is 12.3. The zero-order valence-electron chi connectivity index (χ0n) is 10.8. The SMILES string of the molecule is C[C@H](NSC(C)(C)C)c1ccc(C(F)(F)F)nc1. The molecule has 0 spiro atoms. The molecule has 102 valence electrons. The van der Waals surface area contributed by atoms with E-state index in [1.165, 1.54) is 12.3 Å². The van der Waals surface area contributed by atoms with Crippen molar-refractivity contribution in [1.82, 2.24) is 9.71 Å². The lowest BCUT2D eigenvalue weighted by atomic mass is 10.1. The van der Waals surface area contributed by atoms with E-state index in [-0.39, 0.29) is 10.8 Å². The fourth-order valence-corrected chi connectivity index (χ4v) is 1.83. The Hall–Kier alpha value is -0.750. The Bertz CT molecular complexity index is 382. The van der Waals surface area contributed by atoms with E-state index >= 15 is 0 Å². The molecule has 1 heterocycles. The average molecular weight is 278 g/mol. The molecule has 0 radical (unpaired) electrons. The lowest BCUT2D eigenvalue weighted by Crippen LogP contribution is -2.20. The van der Waals surface area contributed by atoms with Crippen molar-refractivity contribution in [1.29, 1.82) is 0 Å². The van der Waals surface area contributed by atoms with Crippen molar-refractivity contribution in [3.05, 3.63) is 29.6 Å². The summed E-state index contributed by atoms with van der Waals surface area (Å²) in [6, 6.07) is 2.41. The van der Waals surface area contributed by atoms with E-state index in [2.05, 4.69) is 30.5 Å². The number of nitrogens with one attached hydrogen (secondary N) is 1. The van der Waals surface area contributed by atoms with Crippen LogP contribution < -0.4 is 4.72 Å². The highest BCUT2D eigenvalue weighted by atomic mass is 32.2. The first kappa shape index (κ1) is 15.3. The third kappa shape index (κ3) is 4.86. The first-order valence-electron chi connectivity index (χ1n) is 5.56. The van der Waals surface area contributed by atoms with E-state index in [9.17, 15) is 13.2 Å². The fraction of sp³-hybridized carbons (Fsp3) is 0.583. The molecule has 0 fully saturated rings. The van der Waals surface area contributed by atoms with E-state index in [1.807, 2.05) is 6.92 Å². The Morgan fingerprint density at radius 1 is 1.22 bits per heavy atom. The highest BCUT2D eigenvalue weighted by Gasteiger charge is 2.32. The average Bonchev–Trinajstić information content (AvgIpc) is 2.24. The van der Waals surface area contributed by atoms with Gasteiger partial charge in [-0.3, -0.25) is 9.71 Å². The van der Waals surface area contributed by atoms with Crippen LogP contribution in [0.1, 0.15) is 45.0 Å². The normalized spacial score (nSPS) is 14.6. The molecule has 0 aliphatic rings. The van der Waals surface area contributed by atoms with Gasteiger partial charge in [-0.25, -0.2) is 0 Å². The minimum atomic E-state index is -4.38. The summed E-state index contributed by atoms with van der Waals surface area (Å²) in [5.41, 5.74) is -0.123. The second-order valence-electron chi connectivity index (χ2n) is 5.03.